The molecule has 78 heavy (non-hydrogen) atoms. The van der Waals surface area contributed by atoms with E-state index in [1.54, 1.807) is 0 Å². The maximum absolute atomic E-state index is 14.9. The van der Waals surface area contributed by atoms with Gasteiger partial charge in [-0.2, -0.15) is 0 Å². The van der Waals surface area contributed by atoms with E-state index in [4.69, 9.17) is 56.8 Å². The number of esters is 1. The minimum Gasteiger partial charge on any atom is -0.457 e. The molecule has 0 aliphatic carbocycles. The van der Waals surface area contributed by atoms with Crippen LogP contribution < -0.4 is 0 Å². The molecule has 2 N–H and O–H groups in total. The molecule has 0 saturated carbocycles. The van der Waals surface area contributed by atoms with Crippen LogP contribution in [0.2, 0.25) is 0 Å². The lowest BCUT2D eigenvalue weighted by Gasteiger charge is -2.50. The molecule has 6 aromatic rings. The number of halogens is 1. The Hall–Kier alpha value is -5.80. The van der Waals surface area contributed by atoms with Crippen molar-refractivity contribution in [2.75, 3.05) is 19.9 Å². The van der Waals surface area contributed by atoms with E-state index in [0.717, 1.165) is 33.4 Å². The Bertz CT molecular complexity index is 2630. The van der Waals surface area contributed by atoms with E-state index in [1.165, 1.54) is 6.92 Å². The minimum absolute atomic E-state index is 0.0329. The SMILES string of the molecule is CC(=O)O[C@H]1[C@H](O)C[C@H](O[C@H]2[C@@H](OCc3ccccc3)[C@@H](COCc3ccccc3)O[C@@H](O[C@H]3[C@H](OCc4ccccc4)[C@@H](OCc4ccccc4)[C@H](O)O[C@@H]3COCc3ccccc3)[C@@H]2OCc2ccccc2)O[C@@H]1CF. The summed E-state index contributed by atoms with van der Waals surface area (Å²) < 4.78 is 94.7. The van der Waals surface area contributed by atoms with E-state index >= 15 is 0 Å². The van der Waals surface area contributed by atoms with Crippen LogP contribution in [0.25, 0.3) is 0 Å². The van der Waals surface area contributed by atoms with E-state index < -0.39 is 98.7 Å². The number of hydrogen-bond donors (Lipinski definition) is 2. The highest BCUT2D eigenvalue weighted by molar-refractivity contribution is 5.66. The third-order valence-corrected chi connectivity index (χ3v) is 13.7. The van der Waals surface area contributed by atoms with Crippen molar-refractivity contribution >= 4 is 5.97 Å². The molecule has 0 amide bonds. The van der Waals surface area contributed by atoms with Gasteiger partial charge in [-0.1, -0.05) is 182 Å². The standard InChI is InChI=1S/C62H69FO15/c1-42(64)73-54-49(65)32-53(74-50(54)33-63)77-58-55(69-36-45-24-12-4-13-25-45)51(40-67-34-43-20-8-2-9-21-43)76-62(60(58)72-39-48-30-18-7-19-31-48)78-56-52(41-68-35-44-22-10-3-11-23-44)75-61(66)59(71-38-47-28-16-6-17-29-47)57(56)70-37-46-26-14-5-15-27-46/h2-31,49-62,65-66H,32-41H2,1H3/t49-,50-,51-,52-,53+,54+,55+,56-,57+,58+,59-,60-,61-,62+/m1/s1. The number of rotatable bonds is 26. The average molecular weight is 1070 g/mol. The molecule has 3 saturated heterocycles. The van der Waals surface area contributed by atoms with Crippen LogP contribution in [0.15, 0.2) is 182 Å². The molecule has 0 bridgehead atoms. The van der Waals surface area contributed by atoms with Gasteiger partial charge >= 0.3 is 5.97 Å². The Balaban J connectivity index is 1.12. The Morgan fingerprint density at radius 1 is 0.449 bits per heavy atom. The molecule has 0 spiro atoms. The number of alkyl halides is 1. The fourth-order valence-corrected chi connectivity index (χ4v) is 9.81. The van der Waals surface area contributed by atoms with Gasteiger partial charge in [0.1, 0.15) is 61.6 Å². The largest absolute Gasteiger partial charge is 0.457 e. The number of hydrogen-bond acceptors (Lipinski definition) is 15. The number of aliphatic hydroxyl groups is 2. The summed E-state index contributed by atoms with van der Waals surface area (Å²) in [4.78, 5) is 12.2. The Morgan fingerprint density at radius 2 is 0.846 bits per heavy atom. The Morgan fingerprint density at radius 3 is 1.28 bits per heavy atom. The number of carbonyl (C=O) groups excluding carboxylic acids is 1. The first-order valence-corrected chi connectivity index (χ1v) is 26.5. The van der Waals surface area contributed by atoms with E-state index in [9.17, 15) is 19.4 Å². The highest BCUT2D eigenvalue weighted by Crippen LogP contribution is 2.38. The molecule has 0 aromatic heterocycles. The first kappa shape index (κ1) is 56.9. The molecule has 16 heteroatoms. The second-order valence-corrected chi connectivity index (χ2v) is 19.5. The molecule has 0 radical (unpaired) electrons. The molecule has 14 atom stereocenters. The summed E-state index contributed by atoms with van der Waals surface area (Å²) in [6, 6.07) is 57.7. The van der Waals surface area contributed by atoms with Gasteiger partial charge in [0.2, 0.25) is 0 Å². The van der Waals surface area contributed by atoms with Gasteiger partial charge in [-0.25, -0.2) is 4.39 Å². The Kier molecular flexibility index (Phi) is 21.5. The van der Waals surface area contributed by atoms with Crippen LogP contribution in [0.1, 0.15) is 46.7 Å². The van der Waals surface area contributed by atoms with Crippen LogP contribution >= 0.6 is 0 Å². The summed E-state index contributed by atoms with van der Waals surface area (Å²) >= 11 is 0. The van der Waals surface area contributed by atoms with Crippen molar-refractivity contribution in [1.82, 2.24) is 0 Å². The van der Waals surface area contributed by atoms with E-state index in [-0.39, 0.29) is 59.3 Å². The van der Waals surface area contributed by atoms with Crippen LogP contribution in [-0.4, -0.2) is 122 Å². The molecule has 9 rings (SSSR count). The fourth-order valence-electron chi connectivity index (χ4n) is 9.81. The van der Waals surface area contributed by atoms with Crippen molar-refractivity contribution in [2.45, 2.75) is 139 Å². The first-order chi connectivity index (χ1) is 38.3. The number of carbonyl (C=O) groups is 1. The van der Waals surface area contributed by atoms with E-state index in [2.05, 4.69) is 0 Å². The second kappa shape index (κ2) is 29.4. The smallest absolute Gasteiger partial charge is 0.303 e. The van der Waals surface area contributed by atoms with Crippen LogP contribution in [0.3, 0.4) is 0 Å². The molecular formula is C62H69FO15. The van der Waals surface area contributed by atoms with Gasteiger partial charge in [0, 0.05) is 13.3 Å². The minimum atomic E-state index is -1.50. The van der Waals surface area contributed by atoms with Crippen molar-refractivity contribution in [3.8, 4) is 0 Å². The summed E-state index contributed by atoms with van der Waals surface area (Å²) in [5.41, 5.74) is 5.20. The maximum Gasteiger partial charge on any atom is 0.303 e. The predicted octanol–water partition coefficient (Wildman–Crippen LogP) is 8.35. The zero-order valence-electron chi connectivity index (χ0n) is 43.6. The van der Waals surface area contributed by atoms with Gasteiger partial charge in [-0.05, 0) is 33.4 Å². The Labute approximate surface area is 454 Å². The van der Waals surface area contributed by atoms with Gasteiger partial charge in [-0.15, -0.1) is 0 Å². The van der Waals surface area contributed by atoms with Gasteiger partial charge in [0.05, 0.1) is 59.0 Å². The molecular weight excluding hydrogens is 1000 g/mol. The highest BCUT2D eigenvalue weighted by Gasteiger charge is 2.55. The lowest BCUT2D eigenvalue weighted by Crippen LogP contribution is -2.67. The van der Waals surface area contributed by atoms with Gasteiger partial charge < -0.3 is 67.1 Å². The van der Waals surface area contributed by atoms with Gasteiger partial charge in [0.15, 0.2) is 25.0 Å². The molecule has 6 aromatic carbocycles. The summed E-state index contributed by atoms with van der Waals surface area (Å²) in [5.74, 6) is -0.700. The van der Waals surface area contributed by atoms with Crippen LogP contribution in [0.5, 0.6) is 0 Å². The molecule has 3 aliphatic heterocycles. The van der Waals surface area contributed by atoms with E-state index in [1.807, 2.05) is 182 Å². The zero-order chi connectivity index (χ0) is 53.9. The van der Waals surface area contributed by atoms with Crippen molar-refractivity contribution in [1.29, 1.82) is 0 Å². The molecule has 0 unspecified atom stereocenters. The third kappa shape index (κ3) is 16.2. The van der Waals surface area contributed by atoms with Crippen LogP contribution in [-0.2, 0) is 101 Å². The molecule has 3 aliphatic rings. The van der Waals surface area contributed by atoms with Gasteiger partial charge in [0.25, 0.3) is 0 Å². The molecule has 3 fully saturated rings. The second-order valence-electron chi connectivity index (χ2n) is 19.5. The topological polar surface area (TPSA) is 168 Å². The lowest BCUT2D eigenvalue weighted by atomic mass is 9.95. The fraction of sp³-hybridized carbons (Fsp3) is 0.403. The summed E-state index contributed by atoms with van der Waals surface area (Å²) in [6.07, 6.45) is -17.0. The van der Waals surface area contributed by atoms with Gasteiger partial charge in [-0.3, -0.25) is 4.79 Å². The quantitative estimate of drug-likeness (QED) is 0.0497. The maximum atomic E-state index is 14.9. The molecule has 15 nitrogen and oxygen atoms in total. The summed E-state index contributed by atoms with van der Waals surface area (Å²) in [6.45, 7) is 0.752. The number of ether oxygens (including phenoxy) is 12. The zero-order valence-corrected chi connectivity index (χ0v) is 43.6. The number of benzene rings is 6. The van der Waals surface area contributed by atoms with Crippen molar-refractivity contribution in [3.05, 3.63) is 215 Å². The number of aliphatic hydroxyl groups excluding tert-OH is 2. The van der Waals surface area contributed by atoms with Crippen LogP contribution in [0, 0.1) is 0 Å². The first-order valence-electron chi connectivity index (χ1n) is 26.5. The third-order valence-electron chi connectivity index (χ3n) is 13.7. The van der Waals surface area contributed by atoms with Crippen molar-refractivity contribution < 1.29 is 76.2 Å². The van der Waals surface area contributed by atoms with Crippen molar-refractivity contribution in [3.63, 3.8) is 0 Å². The van der Waals surface area contributed by atoms with Crippen LogP contribution in [0.4, 0.5) is 4.39 Å². The predicted molar refractivity (Wildman–Crippen MR) is 282 cm³/mol. The monoisotopic (exact) mass is 1070 g/mol. The summed E-state index contributed by atoms with van der Waals surface area (Å²) in [7, 11) is 0. The molecule has 414 valence electrons. The molecule has 3 heterocycles. The van der Waals surface area contributed by atoms with Crippen molar-refractivity contribution in [2.24, 2.45) is 0 Å². The highest BCUT2D eigenvalue weighted by atomic mass is 19.1. The normalized spacial score (nSPS) is 28.2. The average Bonchev–Trinajstić information content (AvgIpc) is 3.60. The van der Waals surface area contributed by atoms with E-state index in [0.29, 0.717) is 0 Å². The lowest BCUT2D eigenvalue weighted by molar-refractivity contribution is -0.385. The summed E-state index contributed by atoms with van der Waals surface area (Å²) in [5, 5.41) is 23.5.